The zero-order valence-electron chi connectivity index (χ0n) is 12.1. The van der Waals surface area contributed by atoms with E-state index in [1.807, 2.05) is 31.2 Å². The van der Waals surface area contributed by atoms with Gasteiger partial charge in [0.15, 0.2) is 0 Å². The summed E-state index contributed by atoms with van der Waals surface area (Å²) < 4.78 is 5.17. The van der Waals surface area contributed by atoms with Gasteiger partial charge in [-0.15, -0.1) is 0 Å². The van der Waals surface area contributed by atoms with Crippen LogP contribution in [0.4, 0.5) is 0 Å². The first kappa shape index (κ1) is 15.5. The van der Waals surface area contributed by atoms with Crippen molar-refractivity contribution in [2.45, 2.75) is 39.3 Å². The summed E-state index contributed by atoms with van der Waals surface area (Å²) in [4.78, 5) is 11.9. The van der Waals surface area contributed by atoms with Gasteiger partial charge in [0.2, 0.25) is 5.91 Å². The third kappa shape index (κ3) is 4.91. The van der Waals surface area contributed by atoms with E-state index in [1.54, 1.807) is 7.11 Å². The predicted molar refractivity (Wildman–Crippen MR) is 77.0 cm³/mol. The fraction of sp³-hybridized carbons (Fsp3) is 0.533. The molecule has 19 heavy (non-hydrogen) atoms. The summed E-state index contributed by atoms with van der Waals surface area (Å²) in [5.74, 6) is 1.09. The molecule has 1 amide bonds. The predicted octanol–water partition coefficient (Wildman–Crippen LogP) is 2.25. The van der Waals surface area contributed by atoms with E-state index < -0.39 is 6.04 Å². The van der Waals surface area contributed by atoms with Crippen molar-refractivity contribution in [2.75, 3.05) is 7.11 Å². The Morgan fingerprint density at radius 3 is 2.63 bits per heavy atom. The third-order valence-electron chi connectivity index (χ3n) is 3.01. The van der Waals surface area contributed by atoms with Crippen LogP contribution in [0, 0.1) is 5.92 Å². The minimum atomic E-state index is -0.451. The second-order valence-corrected chi connectivity index (χ2v) is 5.24. The van der Waals surface area contributed by atoms with E-state index in [9.17, 15) is 4.79 Å². The minimum Gasteiger partial charge on any atom is -0.497 e. The smallest absolute Gasteiger partial charge is 0.237 e. The van der Waals surface area contributed by atoms with Gasteiger partial charge in [-0.3, -0.25) is 4.79 Å². The van der Waals surface area contributed by atoms with Crippen LogP contribution in [0.2, 0.25) is 0 Å². The van der Waals surface area contributed by atoms with Crippen LogP contribution in [0.25, 0.3) is 0 Å². The van der Waals surface area contributed by atoms with Crippen molar-refractivity contribution in [2.24, 2.45) is 11.7 Å². The van der Waals surface area contributed by atoms with Gasteiger partial charge in [0.05, 0.1) is 19.2 Å². The number of hydrogen-bond acceptors (Lipinski definition) is 3. The molecule has 0 aliphatic carbocycles. The van der Waals surface area contributed by atoms with Gasteiger partial charge >= 0.3 is 0 Å². The van der Waals surface area contributed by atoms with E-state index in [1.165, 1.54) is 0 Å². The first-order valence-corrected chi connectivity index (χ1v) is 6.64. The Labute approximate surface area is 115 Å². The highest BCUT2D eigenvalue weighted by molar-refractivity contribution is 5.81. The van der Waals surface area contributed by atoms with Gasteiger partial charge < -0.3 is 15.8 Å². The molecule has 1 rings (SSSR count). The highest BCUT2D eigenvalue weighted by atomic mass is 16.5. The van der Waals surface area contributed by atoms with Crippen molar-refractivity contribution in [3.05, 3.63) is 29.8 Å². The Morgan fingerprint density at radius 1 is 1.37 bits per heavy atom. The Morgan fingerprint density at radius 2 is 2.05 bits per heavy atom. The van der Waals surface area contributed by atoms with Gasteiger partial charge in [0.25, 0.3) is 0 Å². The Bertz CT molecular complexity index is 418. The van der Waals surface area contributed by atoms with E-state index in [4.69, 9.17) is 10.5 Å². The lowest BCUT2D eigenvalue weighted by molar-refractivity contribution is -0.123. The fourth-order valence-corrected chi connectivity index (χ4v) is 1.93. The van der Waals surface area contributed by atoms with Crippen molar-refractivity contribution in [3.8, 4) is 5.75 Å². The lowest BCUT2D eigenvalue weighted by atomic mass is 10.0. The average molecular weight is 264 g/mol. The molecular weight excluding hydrogens is 240 g/mol. The monoisotopic (exact) mass is 264 g/mol. The Kier molecular flexibility index (Phi) is 5.83. The minimum absolute atomic E-state index is 0.0826. The van der Waals surface area contributed by atoms with E-state index in [-0.39, 0.29) is 11.9 Å². The number of benzene rings is 1. The summed E-state index contributed by atoms with van der Waals surface area (Å²) in [7, 11) is 1.63. The fourth-order valence-electron chi connectivity index (χ4n) is 1.93. The summed E-state index contributed by atoms with van der Waals surface area (Å²) in [5.41, 5.74) is 6.87. The van der Waals surface area contributed by atoms with Crippen molar-refractivity contribution >= 4 is 5.91 Å². The maximum atomic E-state index is 11.9. The molecule has 4 nitrogen and oxygen atoms in total. The van der Waals surface area contributed by atoms with Crippen LogP contribution in [0.3, 0.4) is 0 Å². The number of amides is 1. The molecule has 0 fully saturated rings. The van der Waals surface area contributed by atoms with Crippen molar-refractivity contribution < 1.29 is 9.53 Å². The molecule has 0 bridgehead atoms. The molecule has 0 unspecified atom stereocenters. The number of carbonyl (C=O) groups excluding carboxylic acids is 1. The van der Waals surface area contributed by atoms with E-state index >= 15 is 0 Å². The van der Waals surface area contributed by atoms with Crippen LogP contribution in [0.15, 0.2) is 24.3 Å². The van der Waals surface area contributed by atoms with E-state index in [0.29, 0.717) is 12.3 Å². The van der Waals surface area contributed by atoms with Crippen LogP contribution in [0.5, 0.6) is 5.75 Å². The molecule has 0 aromatic heterocycles. The van der Waals surface area contributed by atoms with Crippen molar-refractivity contribution in [1.82, 2.24) is 5.32 Å². The van der Waals surface area contributed by atoms with E-state index in [2.05, 4.69) is 19.2 Å². The maximum absolute atomic E-state index is 11.9. The molecule has 4 heteroatoms. The summed E-state index contributed by atoms with van der Waals surface area (Å²) in [6.07, 6.45) is 0.691. The zero-order chi connectivity index (χ0) is 14.4. The molecule has 2 atom stereocenters. The highest BCUT2D eigenvalue weighted by Crippen LogP contribution is 2.18. The number of nitrogens with one attached hydrogen (secondary N) is 1. The van der Waals surface area contributed by atoms with Crippen LogP contribution in [-0.4, -0.2) is 19.1 Å². The summed E-state index contributed by atoms with van der Waals surface area (Å²) in [5, 5.41) is 2.93. The SMILES string of the molecule is COc1cccc([C@@H](C)NC(=O)[C@H](N)CC(C)C)c1. The molecule has 0 saturated carbocycles. The molecule has 0 aliphatic heterocycles. The Balaban J connectivity index is 2.63. The normalized spacial score (nSPS) is 14.0. The lowest BCUT2D eigenvalue weighted by Gasteiger charge is -2.19. The third-order valence-corrected chi connectivity index (χ3v) is 3.01. The van der Waals surface area contributed by atoms with Crippen LogP contribution in [-0.2, 0) is 4.79 Å². The van der Waals surface area contributed by atoms with Crippen LogP contribution < -0.4 is 15.8 Å². The van der Waals surface area contributed by atoms with Gasteiger partial charge in [-0.05, 0) is 37.0 Å². The summed E-state index contributed by atoms with van der Waals surface area (Å²) in [6.45, 7) is 6.05. The molecule has 3 N–H and O–H groups in total. The quantitative estimate of drug-likeness (QED) is 0.828. The second-order valence-electron chi connectivity index (χ2n) is 5.24. The number of nitrogens with two attached hydrogens (primary N) is 1. The molecule has 0 aliphatic rings. The molecule has 106 valence electrons. The number of hydrogen-bond donors (Lipinski definition) is 2. The number of rotatable bonds is 6. The molecule has 0 spiro atoms. The summed E-state index contributed by atoms with van der Waals surface area (Å²) >= 11 is 0. The second kappa shape index (κ2) is 7.14. The molecule has 0 heterocycles. The standard InChI is InChI=1S/C15H24N2O2/c1-10(2)8-14(16)15(18)17-11(3)12-6-5-7-13(9-12)19-4/h5-7,9-11,14H,8,16H2,1-4H3,(H,17,18)/t11-,14-/m1/s1. The molecule has 1 aromatic rings. The van der Waals surface area contributed by atoms with Crippen molar-refractivity contribution in [3.63, 3.8) is 0 Å². The van der Waals surface area contributed by atoms with Crippen molar-refractivity contribution in [1.29, 1.82) is 0 Å². The molecule has 1 aromatic carbocycles. The number of methoxy groups -OCH3 is 1. The number of carbonyl (C=O) groups is 1. The van der Waals surface area contributed by atoms with Gasteiger partial charge in [0, 0.05) is 0 Å². The van der Waals surface area contributed by atoms with Gasteiger partial charge in [-0.25, -0.2) is 0 Å². The largest absolute Gasteiger partial charge is 0.497 e. The molecular formula is C15H24N2O2. The van der Waals surface area contributed by atoms with Gasteiger partial charge in [0.1, 0.15) is 5.75 Å². The van der Waals surface area contributed by atoms with E-state index in [0.717, 1.165) is 11.3 Å². The maximum Gasteiger partial charge on any atom is 0.237 e. The Hall–Kier alpha value is -1.55. The number of ether oxygens (including phenoxy) is 1. The lowest BCUT2D eigenvalue weighted by Crippen LogP contribution is -2.42. The molecule has 0 radical (unpaired) electrons. The first-order valence-electron chi connectivity index (χ1n) is 6.64. The zero-order valence-corrected chi connectivity index (χ0v) is 12.1. The first-order chi connectivity index (χ1) is 8.93. The average Bonchev–Trinajstić information content (AvgIpc) is 2.37. The highest BCUT2D eigenvalue weighted by Gasteiger charge is 2.17. The van der Waals surface area contributed by atoms with Crippen LogP contribution in [0.1, 0.15) is 38.8 Å². The molecule has 0 saturated heterocycles. The summed E-state index contributed by atoms with van der Waals surface area (Å²) in [6, 6.07) is 7.13. The van der Waals surface area contributed by atoms with Crippen LogP contribution >= 0.6 is 0 Å². The van der Waals surface area contributed by atoms with Gasteiger partial charge in [-0.2, -0.15) is 0 Å². The van der Waals surface area contributed by atoms with Gasteiger partial charge in [-0.1, -0.05) is 26.0 Å². The topological polar surface area (TPSA) is 64.3 Å².